The lowest BCUT2D eigenvalue weighted by Gasteiger charge is -2.34. The molecule has 2 amide bonds. The van der Waals surface area contributed by atoms with Gasteiger partial charge in [0.25, 0.3) is 0 Å². The van der Waals surface area contributed by atoms with Gasteiger partial charge in [0.15, 0.2) is 0 Å². The zero-order valence-corrected chi connectivity index (χ0v) is 18.2. The summed E-state index contributed by atoms with van der Waals surface area (Å²) in [5, 5.41) is 22.3. The van der Waals surface area contributed by atoms with Crippen LogP contribution in [-0.2, 0) is 25.6 Å². The molecule has 0 fully saturated rings. The van der Waals surface area contributed by atoms with Crippen LogP contribution in [0.4, 0.5) is 0 Å². The van der Waals surface area contributed by atoms with Crippen LogP contribution in [0.1, 0.15) is 39.2 Å². The van der Waals surface area contributed by atoms with Crippen molar-refractivity contribution in [3.8, 4) is 0 Å². The Morgan fingerprint density at radius 3 is 2.29 bits per heavy atom. The van der Waals surface area contributed by atoms with E-state index in [-0.39, 0.29) is 25.3 Å². The molecule has 4 atom stereocenters. The highest BCUT2D eigenvalue weighted by atomic mass is 16.4. The Hall–Kier alpha value is -2.78. The summed E-state index contributed by atoms with van der Waals surface area (Å²) in [5.74, 6) is -2.42. The number of hydrogen-bond acceptors (Lipinski definition) is 6. The summed E-state index contributed by atoms with van der Waals surface area (Å²) >= 11 is 0. The third-order valence-electron chi connectivity index (χ3n) is 4.97. The molecule has 0 aliphatic heterocycles. The number of carbonyl (C=O) groups excluding carboxylic acids is 3. The second kappa shape index (κ2) is 12.8. The van der Waals surface area contributed by atoms with Gasteiger partial charge >= 0.3 is 5.97 Å². The van der Waals surface area contributed by atoms with Crippen LogP contribution in [0.25, 0.3) is 0 Å². The van der Waals surface area contributed by atoms with Gasteiger partial charge in [0.1, 0.15) is 12.3 Å². The molecule has 5 N–H and O–H groups in total. The minimum atomic E-state index is -1.18. The van der Waals surface area contributed by atoms with Crippen molar-refractivity contribution in [2.45, 2.75) is 64.3 Å². The molecule has 0 saturated heterocycles. The summed E-state index contributed by atoms with van der Waals surface area (Å²) < 4.78 is 0. The number of aliphatic hydroxyl groups excluding tert-OH is 1. The Balaban J connectivity index is 3.03. The molecule has 1 aromatic rings. The van der Waals surface area contributed by atoms with Crippen molar-refractivity contribution in [3.63, 3.8) is 0 Å². The average Bonchev–Trinajstić information content (AvgIpc) is 2.70. The maximum Gasteiger partial charge on any atom is 0.305 e. The molecular formula is C22H33N3O6. The summed E-state index contributed by atoms with van der Waals surface area (Å²) in [6.45, 7) is 4.82. The van der Waals surface area contributed by atoms with Crippen molar-refractivity contribution in [2.75, 3.05) is 6.54 Å². The van der Waals surface area contributed by atoms with E-state index in [9.17, 15) is 29.4 Å². The van der Waals surface area contributed by atoms with Gasteiger partial charge in [-0.3, -0.25) is 14.4 Å². The van der Waals surface area contributed by atoms with Crippen molar-refractivity contribution in [1.82, 2.24) is 10.2 Å². The Labute approximate surface area is 182 Å². The lowest BCUT2D eigenvalue weighted by Crippen LogP contribution is -2.56. The van der Waals surface area contributed by atoms with Gasteiger partial charge < -0.3 is 31.0 Å². The third-order valence-corrected chi connectivity index (χ3v) is 4.97. The number of carbonyl (C=O) groups is 4. The number of rotatable bonds is 13. The van der Waals surface area contributed by atoms with Crippen molar-refractivity contribution >= 4 is 24.1 Å². The molecule has 172 valence electrons. The van der Waals surface area contributed by atoms with E-state index < -0.39 is 48.4 Å². The molecular weight excluding hydrogens is 402 g/mol. The molecule has 0 saturated carbocycles. The van der Waals surface area contributed by atoms with E-state index in [1.807, 2.05) is 30.3 Å². The molecule has 0 bridgehead atoms. The summed E-state index contributed by atoms with van der Waals surface area (Å²) in [6.07, 6.45) is -0.883. The number of benzene rings is 1. The molecule has 9 nitrogen and oxygen atoms in total. The number of carboxylic acids is 1. The van der Waals surface area contributed by atoms with Gasteiger partial charge in [-0.1, -0.05) is 44.2 Å². The summed E-state index contributed by atoms with van der Waals surface area (Å²) in [4.78, 5) is 49.0. The van der Waals surface area contributed by atoms with Gasteiger partial charge in [-0.05, 0) is 18.4 Å². The zero-order valence-electron chi connectivity index (χ0n) is 18.2. The van der Waals surface area contributed by atoms with Crippen LogP contribution < -0.4 is 11.1 Å². The highest BCUT2D eigenvalue weighted by molar-refractivity contribution is 5.90. The molecule has 0 radical (unpaired) electrons. The van der Waals surface area contributed by atoms with Crippen LogP contribution in [0.3, 0.4) is 0 Å². The standard InChI is InChI=1S/C22H33N3O6/c1-14(2)20(23)21(30)24-15(3)22(31)25(17(9-10-26)12-19(28)29)13-18(27)11-16-7-5-4-6-8-16/h4-8,10,14-15,17-18,20,27H,9,11-13,23H2,1-3H3,(H,24,30)(H,28,29)/t15-,17+,18?,20-/m0/s1. The van der Waals surface area contributed by atoms with Gasteiger partial charge in [0.05, 0.1) is 18.6 Å². The fraction of sp³-hybridized carbons (Fsp3) is 0.545. The molecule has 0 aliphatic rings. The number of amides is 2. The van der Waals surface area contributed by atoms with E-state index >= 15 is 0 Å². The molecule has 0 aromatic heterocycles. The molecule has 31 heavy (non-hydrogen) atoms. The Morgan fingerprint density at radius 1 is 1.16 bits per heavy atom. The van der Waals surface area contributed by atoms with Crippen molar-refractivity contribution in [1.29, 1.82) is 0 Å². The maximum atomic E-state index is 13.1. The Kier molecular flexibility index (Phi) is 10.8. The van der Waals surface area contributed by atoms with E-state index in [0.29, 0.717) is 6.29 Å². The topological polar surface area (TPSA) is 150 Å². The first-order valence-electron chi connectivity index (χ1n) is 10.3. The van der Waals surface area contributed by atoms with Crippen LogP contribution in [0, 0.1) is 5.92 Å². The van der Waals surface area contributed by atoms with E-state index in [1.165, 1.54) is 11.8 Å². The average molecular weight is 436 g/mol. The van der Waals surface area contributed by atoms with Gasteiger partial charge in [0.2, 0.25) is 11.8 Å². The van der Waals surface area contributed by atoms with Gasteiger partial charge in [-0.15, -0.1) is 0 Å². The predicted molar refractivity (Wildman–Crippen MR) is 115 cm³/mol. The molecule has 0 heterocycles. The zero-order chi connectivity index (χ0) is 23.6. The molecule has 9 heteroatoms. The number of nitrogens with zero attached hydrogens (tertiary/aromatic N) is 1. The van der Waals surface area contributed by atoms with Crippen molar-refractivity contribution in [2.24, 2.45) is 11.7 Å². The Morgan fingerprint density at radius 2 is 1.77 bits per heavy atom. The maximum absolute atomic E-state index is 13.1. The van der Waals surface area contributed by atoms with E-state index in [1.54, 1.807) is 13.8 Å². The third kappa shape index (κ3) is 8.85. The van der Waals surface area contributed by atoms with E-state index in [4.69, 9.17) is 5.73 Å². The smallest absolute Gasteiger partial charge is 0.305 e. The normalized spacial score (nSPS) is 14.9. The second-order valence-electron chi connectivity index (χ2n) is 7.99. The number of aliphatic carboxylic acids is 1. The summed E-state index contributed by atoms with van der Waals surface area (Å²) in [6, 6.07) is 6.36. The van der Waals surface area contributed by atoms with Crippen LogP contribution in [-0.4, -0.2) is 70.0 Å². The van der Waals surface area contributed by atoms with E-state index in [2.05, 4.69) is 5.32 Å². The number of aldehydes is 1. The highest BCUT2D eigenvalue weighted by Crippen LogP contribution is 2.14. The van der Waals surface area contributed by atoms with E-state index in [0.717, 1.165) is 5.56 Å². The monoisotopic (exact) mass is 435 g/mol. The van der Waals surface area contributed by atoms with Crippen LogP contribution in [0.5, 0.6) is 0 Å². The number of nitrogens with two attached hydrogens (primary N) is 1. The molecule has 1 unspecified atom stereocenters. The van der Waals surface area contributed by atoms with Gasteiger partial charge in [-0.25, -0.2) is 0 Å². The van der Waals surface area contributed by atoms with Crippen LogP contribution in [0.15, 0.2) is 30.3 Å². The fourth-order valence-corrected chi connectivity index (χ4v) is 3.15. The minimum absolute atomic E-state index is 0.138. The first-order valence-corrected chi connectivity index (χ1v) is 10.3. The first kappa shape index (κ1) is 26.3. The number of carboxylic acid groups (broad SMARTS) is 1. The lowest BCUT2D eigenvalue weighted by molar-refractivity contribution is -0.144. The molecule has 1 rings (SSSR count). The molecule has 0 aliphatic carbocycles. The first-order chi connectivity index (χ1) is 14.6. The van der Waals surface area contributed by atoms with Gasteiger partial charge in [0, 0.05) is 25.4 Å². The Bertz CT molecular complexity index is 740. The van der Waals surface area contributed by atoms with Crippen LogP contribution in [0.2, 0.25) is 0 Å². The van der Waals surface area contributed by atoms with Crippen molar-refractivity contribution in [3.05, 3.63) is 35.9 Å². The number of aliphatic hydroxyl groups is 1. The SMILES string of the molecule is CC(C)[C@H](N)C(=O)N[C@@H](C)C(=O)N(CC(O)Cc1ccccc1)[C@H](CC=O)CC(=O)O. The van der Waals surface area contributed by atoms with Crippen molar-refractivity contribution < 1.29 is 29.4 Å². The number of hydrogen-bond donors (Lipinski definition) is 4. The molecule has 1 aromatic carbocycles. The summed E-state index contributed by atoms with van der Waals surface area (Å²) in [5.41, 5.74) is 6.67. The van der Waals surface area contributed by atoms with Gasteiger partial charge in [-0.2, -0.15) is 0 Å². The lowest BCUT2D eigenvalue weighted by atomic mass is 10.0. The fourth-order valence-electron chi connectivity index (χ4n) is 3.15. The van der Waals surface area contributed by atoms with Crippen LogP contribution >= 0.6 is 0 Å². The highest BCUT2D eigenvalue weighted by Gasteiger charge is 2.32. The number of nitrogens with one attached hydrogen (secondary N) is 1. The largest absolute Gasteiger partial charge is 0.481 e. The molecule has 0 spiro atoms. The predicted octanol–water partition coefficient (Wildman–Crippen LogP) is 0.339. The summed E-state index contributed by atoms with van der Waals surface area (Å²) in [7, 11) is 0. The quantitative estimate of drug-likeness (QED) is 0.326. The minimum Gasteiger partial charge on any atom is -0.481 e. The second-order valence-corrected chi connectivity index (χ2v) is 7.99.